The number of carbonyl (C=O) groups excluding carboxylic acids is 1. The first kappa shape index (κ1) is 23.0. The maximum atomic E-state index is 12.8. The summed E-state index contributed by atoms with van der Waals surface area (Å²) >= 11 is 0. The number of aryl methyl sites for hydroxylation is 2. The van der Waals surface area contributed by atoms with Gasteiger partial charge in [-0.2, -0.15) is 0 Å². The van der Waals surface area contributed by atoms with Gasteiger partial charge >= 0.3 is 5.97 Å². The number of aromatic nitrogens is 3. The van der Waals surface area contributed by atoms with Gasteiger partial charge in [0.15, 0.2) is 11.5 Å². The Labute approximate surface area is 195 Å². The third kappa shape index (κ3) is 5.09. The molecule has 2 heterocycles. The minimum atomic E-state index is -0.381. The summed E-state index contributed by atoms with van der Waals surface area (Å²) in [6.07, 6.45) is 3.52. The zero-order valence-electron chi connectivity index (χ0n) is 19.2. The number of hydrogen-bond acceptors (Lipinski definition) is 8. The predicted molar refractivity (Wildman–Crippen MR) is 125 cm³/mol. The van der Waals surface area contributed by atoms with E-state index in [4.69, 9.17) is 18.6 Å². The van der Waals surface area contributed by atoms with E-state index in [1.54, 1.807) is 12.1 Å². The van der Waals surface area contributed by atoms with E-state index in [1.165, 1.54) is 31.4 Å². The average molecular weight is 463 g/mol. The van der Waals surface area contributed by atoms with Crippen LogP contribution in [0.25, 0.3) is 22.4 Å². The van der Waals surface area contributed by atoms with Gasteiger partial charge in [0, 0.05) is 24.6 Å². The molecule has 0 bridgehead atoms. The highest BCUT2D eigenvalue weighted by Gasteiger charge is 2.12. The Morgan fingerprint density at radius 2 is 1.82 bits per heavy atom. The van der Waals surface area contributed by atoms with Gasteiger partial charge in [0.05, 0.1) is 31.4 Å². The molecule has 0 aliphatic carbocycles. The molecule has 9 nitrogen and oxygen atoms in total. The van der Waals surface area contributed by atoms with Gasteiger partial charge in [0.1, 0.15) is 18.6 Å². The number of hydrogen-bond donors (Lipinski definition) is 0. The summed E-state index contributed by atoms with van der Waals surface area (Å²) in [5.41, 5.74) is 2.82. The van der Waals surface area contributed by atoms with E-state index < -0.39 is 0 Å². The number of fused-ring (bicyclic) bond motifs is 1. The fraction of sp³-hybridized carbons (Fsp3) is 0.280. The molecule has 0 N–H and O–H groups in total. The summed E-state index contributed by atoms with van der Waals surface area (Å²) in [4.78, 5) is 33.7. The molecule has 0 amide bonds. The number of ether oxygens (including phenoxy) is 3. The number of methoxy groups -OCH3 is 2. The number of rotatable bonds is 9. The van der Waals surface area contributed by atoms with Crippen molar-refractivity contribution in [1.29, 1.82) is 0 Å². The molecule has 2 aromatic carbocycles. The van der Waals surface area contributed by atoms with Gasteiger partial charge in [-0.1, -0.05) is 17.7 Å². The zero-order valence-corrected chi connectivity index (χ0v) is 19.2. The molecule has 0 aliphatic heterocycles. The number of carbonyl (C=O) groups is 1. The summed E-state index contributed by atoms with van der Waals surface area (Å²) in [5.74, 6) is 1.05. The van der Waals surface area contributed by atoms with Crippen molar-refractivity contribution in [2.75, 3.05) is 14.2 Å². The van der Waals surface area contributed by atoms with Crippen molar-refractivity contribution in [1.82, 2.24) is 14.5 Å². The van der Waals surface area contributed by atoms with Gasteiger partial charge in [-0.05, 0) is 31.5 Å². The van der Waals surface area contributed by atoms with Gasteiger partial charge in [0.25, 0.3) is 5.56 Å². The third-order valence-corrected chi connectivity index (χ3v) is 5.34. The standard InChI is InChI=1S/C25H25N3O6/c1-16-6-8-17(9-7-16)24-27-18(14-34-24)13-33-23(29)5-4-10-28-15-26-20-12-22(32-3)21(31-2)11-19(20)25(28)30/h6-9,11-12,14-15H,4-5,10,13H2,1-3H3. The summed E-state index contributed by atoms with van der Waals surface area (Å²) in [7, 11) is 3.03. The van der Waals surface area contributed by atoms with Crippen LogP contribution in [0.1, 0.15) is 24.1 Å². The van der Waals surface area contributed by atoms with E-state index in [0.29, 0.717) is 47.0 Å². The van der Waals surface area contributed by atoms with Crippen LogP contribution in [0.2, 0.25) is 0 Å². The molecule has 0 fully saturated rings. The van der Waals surface area contributed by atoms with Crippen LogP contribution in [0.3, 0.4) is 0 Å². The van der Waals surface area contributed by atoms with Crippen LogP contribution >= 0.6 is 0 Å². The van der Waals surface area contributed by atoms with Crippen LogP contribution in [-0.4, -0.2) is 34.7 Å². The van der Waals surface area contributed by atoms with E-state index in [0.717, 1.165) is 11.1 Å². The molecule has 2 aromatic heterocycles. The Kier molecular flexibility index (Phi) is 6.91. The van der Waals surface area contributed by atoms with Gasteiger partial charge in [0.2, 0.25) is 5.89 Å². The Bertz CT molecular complexity index is 1360. The van der Waals surface area contributed by atoms with Crippen LogP contribution < -0.4 is 15.0 Å². The van der Waals surface area contributed by atoms with Gasteiger partial charge in [-0.3, -0.25) is 14.2 Å². The van der Waals surface area contributed by atoms with E-state index in [1.807, 2.05) is 31.2 Å². The molecular formula is C25H25N3O6. The van der Waals surface area contributed by atoms with Crippen molar-refractivity contribution >= 4 is 16.9 Å². The molecular weight excluding hydrogens is 438 g/mol. The van der Waals surface area contributed by atoms with Crippen molar-refractivity contribution in [2.24, 2.45) is 0 Å². The summed E-state index contributed by atoms with van der Waals surface area (Å²) in [5, 5.41) is 0.415. The fourth-order valence-electron chi connectivity index (χ4n) is 3.47. The monoisotopic (exact) mass is 463 g/mol. The van der Waals surface area contributed by atoms with E-state index >= 15 is 0 Å². The van der Waals surface area contributed by atoms with Gasteiger partial charge in [-0.25, -0.2) is 9.97 Å². The number of oxazole rings is 1. The average Bonchev–Trinajstić information content (AvgIpc) is 3.33. The fourth-order valence-corrected chi connectivity index (χ4v) is 3.47. The summed E-state index contributed by atoms with van der Waals surface area (Å²) < 4.78 is 22.8. The second-order valence-electron chi connectivity index (χ2n) is 7.74. The van der Waals surface area contributed by atoms with Crippen molar-refractivity contribution < 1.29 is 23.4 Å². The maximum Gasteiger partial charge on any atom is 0.306 e. The lowest BCUT2D eigenvalue weighted by Crippen LogP contribution is -2.21. The van der Waals surface area contributed by atoms with E-state index in [9.17, 15) is 9.59 Å². The molecule has 176 valence electrons. The number of nitrogens with zero attached hydrogens (tertiary/aromatic N) is 3. The van der Waals surface area contributed by atoms with Crippen molar-refractivity contribution in [3.8, 4) is 23.0 Å². The van der Waals surface area contributed by atoms with Gasteiger partial charge in [-0.15, -0.1) is 0 Å². The molecule has 4 aromatic rings. The molecule has 0 saturated heterocycles. The van der Waals surface area contributed by atoms with Crippen LogP contribution in [0.4, 0.5) is 0 Å². The summed E-state index contributed by atoms with van der Waals surface area (Å²) in [6, 6.07) is 11.1. The van der Waals surface area contributed by atoms with Crippen molar-refractivity contribution in [3.05, 3.63) is 70.6 Å². The quantitative estimate of drug-likeness (QED) is 0.344. The highest BCUT2D eigenvalue weighted by Crippen LogP contribution is 2.29. The summed E-state index contributed by atoms with van der Waals surface area (Å²) in [6.45, 7) is 2.35. The second-order valence-corrected chi connectivity index (χ2v) is 7.74. The SMILES string of the molecule is COc1cc2ncn(CCCC(=O)OCc3coc(-c4ccc(C)cc4)n3)c(=O)c2cc1OC. The minimum Gasteiger partial charge on any atom is -0.493 e. The third-order valence-electron chi connectivity index (χ3n) is 5.34. The van der Waals surface area contributed by atoms with E-state index in [-0.39, 0.29) is 24.6 Å². The lowest BCUT2D eigenvalue weighted by molar-refractivity contribution is -0.145. The first-order valence-corrected chi connectivity index (χ1v) is 10.8. The van der Waals surface area contributed by atoms with E-state index in [2.05, 4.69) is 9.97 Å². The number of esters is 1. The largest absolute Gasteiger partial charge is 0.493 e. The molecule has 0 unspecified atom stereocenters. The van der Waals surface area contributed by atoms with Crippen LogP contribution in [0.5, 0.6) is 11.5 Å². The molecule has 0 spiro atoms. The Morgan fingerprint density at radius 3 is 2.56 bits per heavy atom. The first-order chi connectivity index (χ1) is 16.5. The normalized spacial score (nSPS) is 10.9. The topological polar surface area (TPSA) is 106 Å². The predicted octanol–water partition coefficient (Wildman–Crippen LogP) is 3.90. The minimum absolute atomic E-state index is 0.0211. The zero-order chi connectivity index (χ0) is 24.1. The molecule has 0 atom stereocenters. The smallest absolute Gasteiger partial charge is 0.306 e. The second kappa shape index (κ2) is 10.2. The Morgan fingerprint density at radius 1 is 1.09 bits per heavy atom. The highest BCUT2D eigenvalue weighted by atomic mass is 16.5. The number of benzene rings is 2. The van der Waals surface area contributed by atoms with Crippen molar-refractivity contribution in [2.45, 2.75) is 32.9 Å². The van der Waals surface area contributed by atoms with Crippen LogP contribution in [0.15, 0.2) is 58.2 Å². The highest BCUT2D eigenvalue weighted by molar-refractivity contribution is 5.81. The van der Waals surface area contributed by atoms with Crippen LogP contribution in [0, 0.1) is 6.92 Å². The lowest BCUT2D eigenvalue weighted by Gasteiger charge is -2.10. The molecule has 0 aliphatic rings. The maximum absolute atomic E-state index is 12.8. The lowest BCUT2D eigenvalue weighted by atomic mass is 10.1. The molecule has 0 saturated carbocycles. The van der Waals surface area contributed by atoms with Crippen molar-refractivity contribution in [3.63, 3.8) is 0 Å². The molecule has 34 heavy (non-hydrogen) atoms. The molecule has 9 heteroatoms. The molecule has 4 rings (SSSR count). The molecule has 0 radical (unpaired) electrons. The Balaban J connectivity index is 1.31. The van der Waals surface area contributed by atoms with Crippen LogP contribution in [-0.2, 0) is 22.7 Å². The first-order valence-electron chi connectivity index (χ1n) is 10.8. The Hall–Kier alpha value is -4.14. The van der Waals surface area contributed by atoms with Gasteiger partial charge < -0.3 is 18.6 Å².